The maximum atomic E-state index is 4.79. The zero-order chi connectivity index (χ0) is 12.7. The molecule has 3 heteroatoms. The highest BCUT2D eigenvalue weighted by Gasteiger charge is 2.31. The van der Waals surface area contributed by atoms with Gasteiger partial charge in [0.15, 0.2) is 0 Å². The Bertz CT molecular complexity index is 583. The minimum Gasteiger partial charge on any atom is -0.355 e. The minimum absolute atomic E-state index is 0.876. The Morgan fingerprint density at radius 1 is 1.00 bits per heavy atom. The molecular weight excluding hydrogens is 234 g/mol. The van der Waals surface area contributed by atoms with Gasteiger partial charge in [-0.2, -0.15) is 0 Å². The quantitative estimate of drug-likeness (QED) is 0.781. The zero-order valence-corrected chi connectivity index (χ0v) is 11.1. The van der Waals surface area contributed by atoms with Crippen molar-refractivity contribution in [3.05, 3.63) is 30.5 Å². The van der Waals surface area contributed by atoms with Gasteiger partial charge in [0.05, 0.1) is 17.2 Å². The standard InChI is InChI=1S/C16H19N3/c1-2-7-15-14(6-1)17-9-16(18-15)19-10-12-4-3-5-13(8-12)11-19/h1-2,6-7,9,12-13H,3-5,8,10-11H2. The molecule has 2 aliphatic rings. The van der Waals surface area contributed by atoms with E-state index in [1.54, 1.807) is 0 Å². The molecule has 3 nitrogen and oxygen atoms in total. The number of hydrogen-bond donors (Lipinski definition) is 0. The molecule has 1 saturated carbocycles. The average molecular weight is 253 g/mol. The van der Waals surface area contributed by atoms with Crippen molar-refractivity contribution in [3.8, 4) is 0 Å². The highest BCUT2D eigenvalue weighted by atomic mass is 15.2. The van der Waals surface area contributed by atoms with Crippen LogP contribution < -0.4 is 4.90 Å². The molecule has 0 spiro atoms. The predicted molar refractivity (Wildman–Crippen MR) is 77.2 cm³/mol. The van der Waals surface area contributed by atoms with Crippen LogP contribution in [-0.4, -0.2) is 23.1 Å². The summed E-state index contributed by atoms with van der Waals surface area (Å²) in [5.74, 6) is 2.82. The number of nitrogens with zero attached hydrogens (tertiary/aromatic N) is 3. The smallest absolute Gasteiger partial charge is 0.147 e. The van der Waals surface area contributed by atoms with E-state index in [-0.39, 0.29) is 0 Å². The van der Waals surface area contributed by atoms with Gasteiger partial charge < -0.3 is 4.90 Å². The van der Waals surface area contributed by atoms with Crippen LogP contribution in [0.1, 0.15) is 25.7 Å². The molecule has 19 heavy (non-hydrogen) atoms. The summed E-state index contributed by atoms with van der Waals surface area (Å²) in [4.78, 5) is 11.8. The van der Waals surface area contributed by atoms with E-state index < -0.39 is 0 Å². The van der Waals surface area contributed by atoms with Crippen LogP contribution in [0.5, 0.6) is 0 Å². The van der Waals surface area contributed by atoms with E-state index in [2.05, 4.69) is 16.0 Å². The third kappa shape index (κ3) is 2.07. The van der Waals surface area contributed by atoms with Crippen LogP contribution in [0.4, 0.5) is 5.82 Å². The Labute approximate surface area is 113 Å². The van der Waals surface area contributed by atoms with Crippen molar-refractivity contribution in [2.24, 2.45) is 11.8 Å². The summed E-state index contributed by atoms with van der Waals surface area (Å²) in [6.07, 6.45) is 7.59. The van der Waals surface area contributed by atoms with Gasteiger partial charge in [-0.15, -0.1) is 0 Å². The molecule has 1 aliphatic heterocycles. The van der Waals surface area contributed by atoms with Crippen molar-refractivity contribution in [1.82, 2.24) is 9.97 Å². The van der Waals surface area contributed by atoms with Gasteiger partial charge >= 0.3 is 0 Å². The van der Waals surface area contributed by atoms with Gasteiger partial charge in [-0.05, 0) is 43.2 Å². The van der Waals surface area contributed by atoms with Gasteiger partial charge in [0.25, 0.3) is 0 Å². The van der Waals surface area contributed by atoms with E-state index >= 15 is 0 Å². The van der Waals surface area contributed by atoms with E-state index in [0.29, 0.717) is 0 Å². The number of para-hydroxylation sites is 2. The lowest BCUT2D eigenvalue weighted by Crippen LogP contribution is -2.43. The maximum Gasteiger partial charge on any atom is 0.147 e. The summed E-state index contributed by atoms with van der Waals surface area (Å²) in [6, 6.07) is 8.13. The molecule has 0 amide bonds. The normalized spacial score (nSPS) is 26.6. The Hall–Kier alpha value is -1.64. The van der Waals surface area contributed by atoms with Crippen LogP contribution in [0.15, 0.2) is 30.5 Å². The van der Waals surface area contributed by atoms with E-state index in [1.807, 2.05) is 24.4 Å². The first kappa shape index (κ1) is 11.2. The fourth-order valence-corrected chi connectivity index (χ4v) is 3.72. The second-order valence-electron chi connectivity index (χ2n) is 6.02. The molecule has 1 aromatic heterocycles. The molecule has 2 heterocycles. The molecule has 2 unspecified atom stereocenters. The van der Waals surface area contributed by atoms with Crippen molar-refractivity contribution in [2.45, 2.75) is 25.7 Å². The van der Waals surface area contributed by atoms with Crippen LogP contribution in [0.3, 0.4) is 0 Å². The SMILES string of the molecule is c1ccc2nc(N3CC4CCCC(C4)C3)cnc2c1. The zero-order valence-electron chi connectivity index (χ0n) is 11.1. The van der Waals surface area contributed by atoms with Gasteiger partial charge in [0, 0.05) is 13.1 Å². The van der Waals surface area contributed by atoms with Crippen molar-refractivity contribution in [3.63, 3.8) is 0 Å². The largest absolute Gasteiger partial charge is 0.355 e. The molecule has 2 fully saturated rings. The molecule has 2 aromatic rings. The third-order valence-electron chi connectivity index (χ3n) is 4.61. The molecule has 98 valence electrons. The van der Waals surface area contributed by atoms with E-state index in [1.165, 1.54) is 38.8 Å². The average Bonchev–Trinajstić information content (AvgIpc) is 2.46. The first-order chi connectivity index (χ1) is 9.38. The number of anilines is 1. The molecule has 4 rings (SSSR count). The number of piperidine rings is 1. The van der Waals surface area contributed by atoms with Gasteiger partial charge in [0.2, 0.25) is 0 Å². The Kier molecular flexibility index (Phi) is 2.64. The summed E-state index contributed by atoms with van der Waals surface area (Å²) in [6.45, 7) is 2.34. The van der Waals surface area contributed by atoms with Gasteiger partial charge in [-0.3, -0.25) is 4.98 Å². The molecule has 2 atom stereocenters. The molecule has 2 bridgehead atoms. The van der Waals surface area contributed by atoms with E-state index in [4.69, 9.17) is 4.98 Å². The number of hydrogen-bond acceptors (Lipinski definition) is 3. The lowest BCUT2D eigenvalue weighted by molar-refractivity contribution is 0.230. The molecule has 1 saturated heterocycles. The van der Waals surface area contributed by atoms with Crippen LogP contribution in [0.25, 0.3) is 11.0 Å². The van der Waals surface area contributed by atoms with Crippen LogP contribution in [-0.2, 0) is 0 Å². The third-order valence-corrected chi connectivity index (χ3v) is 4.61. The topological polar surface area (TPSA) is 29.0 Å². The summed E-state index contributed by atoms with van der Waals surface area (Å²) >= 11 is 0. The molecule has 0 radical (unpaired) electrons. The number of rotatable bonds is 1. The summed E-state index contributed by atoms with van der Waals surface area (Å²) < 4.78 is 0. The Balaban J connectivity index is 1.66. The Morgan fingerprint density at radius 2 is 1.74 bits per heavy atom. The van der Waals surface area contributed by atoms with Gasteiger partial charge in [-0.25, -0.2) is 4.98 Å². The fourth-order valence-electron chi connectivity index (χ4n) is 3.72. The molecule has 1 aliphatic carbocycles. The first-order valence-electron chi connectivity index (χ1n) is 7.35. The van der Waals surface area contributed by atoms with Crippen LogP contribution in [0, 0.1) is 11.8 Å². The monoisotopic (exact) mass is 253 g/mol. The lowest BCUT2D eigenvalue weighted by atomic mass is 9.78. The molecular formula is C16H19N3. The van der Waals surface area contributed by atoms with Crippen molar-refractivity contribution in [1.29, 1.82) is 0 Å². The van der Waals surface area contributed by atoms with Crippen molar-refractivity contribution >= 4 is 16.9 Å². The fraction of sp³-hybridized carbons (Fsp3) is 0.500. The van der Waals surface area contributed by atoms with E-state index in [0.717, 1.165) is 28.7 Å². The van der Waals surface area contributed by atoms with E-state index in [9.17, 15) is 0 Å². The van der Waals surface area contributed by atoms with Crippen LogP contribution in [0.2, 0.25) is 0 Å². The summed E-state index contributed by atoms with van der Waals surface area (Å²) in [5.41, 5.74) is 2.00. The van der Waals surface area contributed by atoms with Crippen LogP contribution >= 0.6 is 0 Å². The maximum absolute atomic E-state index is 4.79. The molecule has 1 aromatic carbocycles. The summed E-state index contributed by atoms with van der Waals surface area (Å²) in [5, 5.41) is 0. The second kappa shape index (κ2) is 4.48. The van der Waals surface area contributed by atoms with Gasteiger partial charge in [-0.1, -0.05) is 18.6 Å². The van der Waals surface area contributed by atoms with Crippen molar-refractivity contribution in [2.75, 3.05) is 18.0 Å². The van der Waals surface area contributed by atoms with Crippen molar-refractivity contribution < 1.29 is 0 Å². The number of aromatic nitrogens is 2. The minimum atomic E-state index is 0.876. The molecule has 0 N–H and O–H groups in total. The number of fused-ring (bicyclic) bond motifs is 3. The Morgan fingerprint density at radius 3 is 2.53 bits per heavy atom. The van der Waals surface area contributed by atoms with Gasteiger partial charge in [0.1, 0.15) is 5.82 Å². The highest BCUT2D eigenvalue weighted by molar-refractivity contribution is 5.75. The number of benzene rings is 1. The lowest BCUT2D eigenvalue weighted by Gasteiger charge is -2.41. The predicted octanol–water partition coefficient (Wildman–Crippen LogP) is 3.26. The summed E-state index contributed by atoms with van der Waals surface area (Å²) in [7, 11) is 0. The second-order valence-corrected chi connectivity index (χ2v) is 6.02. The highest BCUT2D eigenvalue weighted by Crippen LogP contribution is 2.35. The first-order valence-corrected chi connectivity index (χ1v) is 7.35.